The first-order chi connectivity index (χ1) is 13.1. The Kier molecular flexibility index (Phi) is 3.77. The average Bonchev–Trinajstić information content (AvgIpc) is 3.30. The highest BCUT2D eigenvalue weighted by Gasteiger charge is 2.30. The fourth-order valence-corrected chi connectivity index (χ4v) is 4.04. The molecule has 27 heavy (non-hydrogen) atoms. The Morgan fingerprint density at radius 2 is 1.93 bits per heavy atom. The van der Waals surface area contributed by atoms with Crippen LogP contribution in [0.15, 0.2) is 24.5 Å². The molecule has 1 aliphatic heterocycles. The van der Waals surface area contributed by atoms with Crippen molar-refractivity contribution in [3.63, 3.8) is 0 Å². The van der Waals surface area contributed by atoms with E-state index in [4.69, 9.17) is 0 Å². The zero-order chi connectivity index (χ0) is 18.5. The number of piperidine rings is 1. The summed E-state index contributed by atoms with van der Waals surface area (Å²) < 4.78 is 3.92. The number of fused-ring (bicyclic) bond motifs is 1. The summed E-state index contributed by atoms with van der Waals surface area (Å²) in [5, 5.41) is 8.66. The topological polar surface area (TPSA) is 68.3 Å². The molecule has 0 bridgehead atoms. The van der Waals surface area contributed by atoms with E-state index in [2.05, 4.69) is 21.5 Å². The van der Waals surface area contributed by atoms with Crippen molar-refractivity contribution in [2.75, 3.05) is 13.1 Å². The highest BCUT2D eigenvalue weighted by Crippen LogP contribution is 2.39. The fourth-order valence-electron chi connectivity index (χ4n) is 4.04. The van der Waals surface area contributed by atoms with Gasteiger partial charge in [-0.15, -0.1) is 5.10 Å². The lowest BCUT2D eigenvalue weighted by molar-refractivity contribution is 0.0681. The van der Waals surface area contributed by atoms with Gasteiger partial charge in [-0.2, -0.15) is 0 Å². The first-order valence-corrected chi connectivity index (χ1v) is 9.76. The molecule has 0 aromatic carbocycles. The third-order valence-electron chi connectivity index (χ3n) is 5.81. The molecular weight excluding hydrogens is 340 g/mol. The third kappa shape index (κ3) is 2.91. The van der Waals surface area contributed by atoms with Gasteiger partial charge in [0.05, 0.1) is 17.4 Å². The first kappa shape index (κ1) is 16.5. The fraction of sp³-hybridized carbons (Fsp3) is 0.500. The molecule has 1 amide bonds. The van der Waals surface area contributed by atoms with Gasteiger partial charge in [0.25, 0.3) is 5.91 Å². The van der Waals surface area contributed by atoms with E-state index in [9.17, 15) is 4.79 Å². The van der Waals surface area contributed by atoms with Gasteiger partial charge in [0.2, 0.25) is 0 Å². The maximum absolute atomic E-state index is 13.2. The molecule has 1 saturated carbocycles. The van der Waals surface area contributed by atoms with Gasteiger partial charge in [-0.05, 0) is 57.2 Å². The molecule has 5 rings (SSSR count). The van der Waals surface area contributed by atoms with Crippen LogP contribution in [0.4, 0.5) is 0 Å². The zero-order valence-electron chi connectivity index (χ0n) is 15.8. The zero-order valence-corrected chi connectivity index (χ0v) is 15.8. The van der Waals surface area contributed by atoms with Crippen LogP contribution in [0, 0.1) is 13.8 Å². The highest BCUT2D eigenvalue weighted by molar-refractivity contribution is 5.94. The normalized spacial score (nSPS) is 18.4. The monoisotopic (exact) mass is 364 g/mol. The van der Waals surface area contributed by atoms with E-state index in [1.54, 1.807) is 0 Å². The van der Waals surface area contributed by atoms with Crippen molar-refractivity contribution in [1.82, 2.24) is 29.3 Å². The number of carbonyl (C=O) groups excluding carboxylic acids is 1. The predicted octanol–water partition coefficient (Wildman–Crippen LogP) is 2.90. The Morgan fingerprint density at radius 1 is 1.15 bits per heavy atom. The second kappa shape index (κ2) is 6.18. The second-order valence-corrected chi connectivity index (χ2v) is 7.90. The number of carbonyl (C=O) groups is 1. The summed E-state index contributed by atoms with van der Waals surface area (Å²) in [6, 6.07) is 4.36. The van der Waals surface area contributed by atoms with Crippen LogP contribution in [0.1, 0.15) is 65.1 Å². The van der Waals surface area contributed by atoms with Crippen LogP contribution in [0.5, 0.6) is 0 Å². The Hall–Kier alpha value is -2.70. The summed E-state index contributed by atoms with van der Waals surface area (Å²) in [5.74, 6) is 0.696. The van der Waals surface area contributed by atoms with E-state index < -0.39 is 0 Å². The molecule has 0 spiro atoms. The van der Waals surface area contributed by atoms with Crippen LogP contribution in [-0.4, -0.2) is 48.3 Å². The molecular formula is C20H24N6O. The molecule has 7 nitrogen and oxygen atoms in total. The van der Waals surface area contributed by atoms with Gasteiger partial charge in [-0.1, -0.05) is 5.21 Å². The number of aryl methyl sites for hydroxylation is 2. The molecule has 0 atom stereocenters. The van der Waals surface area contributed by atoms with Crippen LogP contribution >= 0.6 is 0 Å². The van der Waals surface area contributed by atoms with Crippen LogP contribution < -0.4 is 0 Å². The molecule has 2 fully saturated rings. The highest BCUT2D eigenvalue weighted by atomic mass is 16.2. The van der Waals surface area contributed by atoms with E-state index in [1.807, 2.05) is 46.2 Å². The van der Waals surface area contributed by atoms with Crippen molar-refractivity contribution in [1.29, 1.82) is 0 Å². The lowest BCUT2D eigenvalue weighted by Gasteiger charge is -2.31. The standard InChI is InChI=1S/C20H24N6O/c1-13-5-10-25-18(11-13)21-14(2)19(25)20(27)24-8-6-16(7-9-24)26-12-17(22-23-26)15-3-4-15/h5,10-12,15-16H,3-4,6-9H2,1-2H3. The van der Waals surface area contributed by atoms with Crippen molar-refractivity contribution in [2.24, 2.45) is 0 Å². The minimum absolute atomic E-state index is 0.0690. The van der Waals surface area contributed by atoms with Crippen LogP contribution in [-0.2, 0) is 0 Å². The Labute approximate surface area is 158 Å². The number of amides is 1. The minimum atomic E-state index is 0.0690. The van der Waals surface area contributed by atoms with Gasteiger partial charge in [-0.25, -0.2) is 9.67 Å². The van der Waals surface area contributed by atoms with Crippen molar-refractivity contribution in [2.45, 2.75) is 51.5 Å². The first-order valence-electron chi connectivity index (χ1n) is 9.76. The summed E-state index contributed by atoms with van der Waals surface area (Å²) in [6.45, 7) is 5.42. The SMILES string of the molecule is Cc1ccn2c(C(=O)N3CCC(n4cc(C5CC5)nn4)CC3)c(C)nc2c1. The van der Waals surface area contributed by atoms with Crippen molar-refractivity contribution >= 4 is 11.6 Å². The van der Waals surface area contributed by atoms with Crippen LogP contribution in [0.3, 0.4) is 0 Å². The molecule has 1 aliphatic carbocycles. The van der Waals surface area contributed by atoms with Crippen molar-refractivity contribution in [3.05, 3.63) is 47.2 Å². The van der Waals surface area contributed by atoms with E-state index in [0.29, 0.717) is 17.7 Å². The van der Waals surface area contributed by atoms with Gasteiger partial charge in [0.15, 0.2) is 0 Å². The maximum Gasteiger partial charge on any atom is 0.272 e. The summed E-state index contributed by atoms with van der Waals surface area (Å²) in [5.41, 5.74) is 4.58. The van der Waals surface area contributed by atoms with E-state index >= 15 is 0 Å². The van der Waals surface area contributed by atoms with Crippen LogP contribution in [0.2, 0.25) is 0 Å². The van der Waals surface area contributed by atoms with E-state index in [-0.39, 0.29) is 5.91 Å². The lowest BCUT2D eigenvalue weighted by Crippen LogP contribution is -2.40. The molecule has 3 aromatic heterocycles. The maximum atomic E-state index is 13.2. The number of likely N-dealkylation sites (tertiary alicyclic amines) is 1. The average molecular weight is 364 g/mol. The van der Waals surface area contributed by atoms with Gasteiger partial charge in [0.1, 0.15) is 11.3 Å². The van der Waals surface area contributed by atoms with E-state index in [1.165, 1.54) is 12.8 Å². The molecule has 1 saturated heterocycles. The Bertz CT molecular complexity index is 1010. The number of imidazole rings is 1. The number of hydrogen-bond acceptors (Lipinski definition) is 4. The Balaban J connectivity index is 1.31. The summed E-state index contributed by atoms with van der Waals surface area (Å²) in [6.07, 6.45) is 8.35. The van der Waals surface area contributed by atoms with Gasteiger partial charge >= 0.3 is 0 Å². The molecule has 7 heteroatoms. The molecule has 0 radical (unpaired) electrons. The lowest BCUT2D eigenvalue weighted by atomic mass is 10.0. The van der Waals surface area contributed by atoms with Crippen LogP contribution in [0.25, 0.3) is 5.65 Å². The second-order valence-electron chi connectivity index (χ2n) is 7.90. The number of rotatable bonds is 3. The Morgan fingerprint density at radius 3 is 2.67 bits per heavy atom. The van der Waals surface area contributed by atoms with Gasteiger partial charge < -0.3 is 4.90 Å². The van der Waals surface area contributed by atoms with Gasteiger partial charge in [-0.3, -0.25) is 9.20 Å². The van der Waals surface area contributed by atoms with E-state index in [0.717, 1.165) is 48.5 Å². The largest absolute Gasteiger partial charge is 0.337 e. The number of aromatic nitrogens is 5. The minimum Gasteiger partial charge on any atom is -0.337 e. The molecule has 3 aromatic rings. The predicted molar refractivity (Wildman–Crippen MR) is 101 cm³/mol. The number of hydrogen-bond donors (Lipinski definition) is 0. The summed E-state index contributed by atoms with van der Waals surface area (Å²) in [4.78, 5) is 19.7. The number of pyridine rings is 1. The van der Waals surface area contributed by atoms with Crippen molar-refractivity contribution < 1.29 is 4.79 Å². The van der Waals surface area contributed by atoms with Gasteiger partial charge in [0, 0.05) is 31.4 Å². The summed E-state index contributed by atoms with van der Waals surface area (Å²) in [7, 11) is 0. The molecule has 140 valence electrons. The number of nitrogens with zero attached hydrogens (tertiary/aromatic N) is 6. The summed E-state index contributed by atoms with van der Waals surface area (Å²) >= 11 is 0. The molecule has 0 unspecified atom stereocenters. The van der Waals surface area contributed by atoms with Crippen molar-refractivity contribution in [3.8, 4) is 0 Å². The smallest absolute Gasteiger partial charge is 0.272 e. The quantitative estimate of drug-likeness (QED) is 0.717. The third-order valence-corrected chi connectivity index (χ3v) is 5.81. The molecule has 4 heterocycles. The molecule has 2 aliphatic rings. The molecule has 0 N–H and O–H groups in total.